The van der Waals surface area contributed by atoms with E-state index in [4.69, 9.17) is 14.7 Å². The van der Waals surface area contributed by atoms with Crippen molar-refractivity contribution in [3.05, 3.63) is 53.3 Å². The second-order valence-electron chi connectivity index (χ2n) is 4.05. The van der Waals surface area contributed by atoms with Crippen molar-refractivity contribution in [1.82, 2.24) is 4.98 Å². The number of nitrogens with zero attached hydrogens (tertiary/aromatic N) is 2. The van der Waals surface area contributed by atoms with Gasteiger partial charge in [-0.15, -0.1) is 0 Å². The third-order valence-corrected chi connectivity index (χ3v) is 3.30. The Bertz CT molecular complexity index is 621. The zero-order valence-corrected chi connectivity index (χ0v) is 12.6. The van der Waals surface area contributed by atoms with E-state index in [0.29, 0.717) is 23.7 Å². The molecule has 0 amide bonds. The molecule has 1 aromatic carbocycles. The van der Waals surface area contributed by atoms with Crippen molar-refractivity contribution in [2.75, 3.05) is 7.11 Å². The molecule has 1 heterocycles. The second kappa shape index (κ2) is 6.92. The molecule has 20 heavy (non-hydrogen) atoms. The average Bonchev–Trinajstić information content (AvgIpc) is 2.53. The average molecular weight is 333 g/mol. The standard InChI is InChI=1S/C15H13BrN2O2/c1-19-15-6-11(2-3-12(15)8-17)10-20-14-5-4-13(7-16)18-9-14/h2-6,9H,7,10H2,1H3. The lowest BCUT2D eigenvalue weighted by Gasteiger charge is -2.08. The van der Waals surface area contributed by atoms with Gasteiger partial charge in [0.2, 0.25) is 0 Å². The summed E-state index contributed by atoms with van der Waals surface area (Å²) in [4.78, 5) is 4.23. The summed E-state index contributed by atoms with van der Waals surface area (Å²) < 4.78 is 10.8. The molecule has 0 saturated heterocycles. The van der Waals surface area contributed by atoms with Crippen molar-refractivity contribution in [2.24, 2.45) is 0 Å². The van der Waals surface area contributed by atoms with Crippen molar-refractivity contribution in [2.45, 2.75) is 11.9 Å². The van der Waals surface area contributed by atoms with Crippen LogP contribution in [0, 0.1) is 11.3 Å². The Hall–Kier alpha value is -2.06. The minimum Gasteiger partial charge on any atom is -0.495 e. The van der Waals surface area contributed by atoms with Gasteiger partial charge in [0.15, 0.2) is 0 Å². The van der Waals surface area contributed by atoms with E-state index in [-0.39, 0.29) is 0 Å². The minimum atomic E-state index is 0.400. The highest BCUT2D eigenvalue weighted by atomic mass is 79.9. The molecule has 0 saturated carbocycles. The van der Waals surface area contributed by atoms with Crippen LogP contribution in [0.4, 0.5) is 0 Å². The summed E-state index contributed by atoms with van der Waals surface area (Å²) in [5.74, 6) is 1.26. The van der Waals surface area contributed by atoms with Crippen molar-refractivity contribution < 1.29 is 9.47 Å². The maximum Gasteiger partial charge on any atom is 0.138 e. The maximum atomic E-state index is 8.92. The van der Waals surface area contributed by atoms with Crippen molar-refractivity contribution >= 4 is 15.9 Å². The van der Waals surface area contributed by atoms with Gasteiger partial charge in [0.05, 0.1) is 24.6 Å². The highest BCUT2D eigenvalue weighted by molar-refractivity contribution is 9.08. The number of rotatable bonds is 5. The van der Waals surface area contributed by atoms with Crippen LogP contribution in [-0.2, 0) is 11.9 Å². The number of aromatic nitrogens is 1. The molecule has 0 spiro atoms. The zero-order valence-electron chi connectivity index (χ0n) is 11.0. The van der Waals surface area contributed by atoms with Crippen LogP contribution in [0.25, 0.3) is 0 Å². The van der Waals surface area contributed by atoms with Crippen LogP contribution in [0.15, 0.2) is 36.5 Å². The van der Waals surface area contributed by atoms with Gasteiger partial charge >= 0.3 is 0 Å². The summed E-state index contributed by atoms with van der Waals surface area (Å²) in [5, 5.41) is 9.65. The lowest BCUT2D eigenvalue weighted by Crippen LogP contribution is -1.98. The molecule has 5 heteroatoms. The second-order valence-corrected chi connectivity index (χ2v) is 4.61. The largest absolute Gasteiger partial charge is 0.495 e. The van der Waals surface area contributed by atoms with E-state index in [1.165, 1.54) is 0 Å². The number of nitriles is 1. The van der Waals surface area contributed by atoms with Gasteiger partial charge in [-0.05, 0) is 29.8 Å². The lowest BCUT2D eigenvalue weighted by atomic mass is 10.1. The van der Waals surface area contributed by atoms with E-state index in [0.717, 1.165) is 16.6 Å². The number of halogens is 1. The quantitative estimate of drug-likeness (QED) is 0.787. The molecule has 0 bridgehead atoms. The molecule has 102 valence electrons. The third kappa shape index (κ3) is 3.49. The van der Waals surface area contributed by atoms with Gasteiger partial charge in [0.1, 0.15) is 24.2 Å². The Morgan fingerprint density at radius 2 is 2.15 bits per heavy atom. The number of benzene rings is 1. The Morgan fingerprint density at radius 1 is 1.30 bits per heavy atom. The van der Waals surface area contributed by atoms with Gasteiger partial charge < -0.3 is 9.47 Å². The third-order valence-electron chi connectivity index (χ3n) is 2.73. The molecule has 2 rings (SSSR count). The molecule has 0 fully saturated rings. The van der Waals surface area contributed by atoms with Crippen molar-refractivity contribution in [1.29, 1.82) is 5.26 Å². The fourth-order valence-electron chi connectivity index (χ4n) is 1.66. The van der Waals surface area contributed by atoms with Crippen LogP contribution in [0.5, 0.6) is 11.5 Å². The Labute approximate surface area is 126 Å². The molecule has 0 aliphatic carbocycles. The summed E-state index contributed by atoms with van der Waals surface area (Å²) in [7, 11) is 1.55. The van der Waals surface area contributed by atoms with Gasteiger partial charge in [-0.1, -0.05) is 22.0 Å². The number of hydrogen-bond acceptors (Lipinski definition) is 4. The SMILES string of the molecule is COc1cc(COc2ccc(CBr)nc2)ccc1C#N. The van der Waals surface area contributed by atoms with Gasteiger partial charge in [-0.25, -0.2) is 0 Å². The van der Waals surface area contributed by atoms with E-state index in [1.807, 2.05) is 18.2 Å². The summed E-state index contributed by atoms with van der Waals surface area (Å²) >= 11 is 3.34. The summed E-state index contributed by atoms with van der Waals surface area (Å²) in [5.41, 5.74) is 2.41. The fourth-order valence-corrected chi connectivity index (χ4v) is 1.99. The molecule has 4 nitrogen and oxygen atoms in total. The molecule has 0 unspecified atom stereocenters. The summed E-state index contributed by atoms with van der Waals surface area (Å²) in [6.45, 7) is 0.400. The number of pyridine rings is 1. The van der Waals surface area contributed by atoms with Crippen molar-refractivity contribution in [3.8, 4) is 17.6 Å². The number of methoxy groups -OCH3 is 1. The molecular weight excluding hydrogens is 320 g/mol. The van der Waals surface area contributed by atoms with Crippen LogP contribution in [-0.4, -0.2) is 12.1 Å². The minimum absolute atomic E-state index is 0.400. The van der Waals surface area contributed by atoms with E-state index in [2.05, 4.69) is 27.0 Å². The van der Waals surface area contributed by atoms with Crippen LogP contribution in [0.1, 0.15) is 16.8 Å². The normalized spacial score (nSPS) is 9.85. The summed E-state index contributed by atoms with van der Waals surface area (Å²) in [6.07, 6.45) is 1.69. The maximum absolute atomic E-state index is 8.92. The first-order valence-corrected chi connectivity index (χ1v) is 7.09. The van der Waals surface area contributed by atoms with Crippen LogP contribution in [0.2, 0.25) is 0 Å². The predicted molar refractivity (Wildman–Crippen MR) is 78.9 cm³/mol. The van der Waals surface area contributed by atoms with E-state index in [9.17, 15) is 0 Å². The number of alkyl halides is 1. The van der Waals surface area contributed by atoms with E-state index >= 15 is 0 Å². The fraction of sp³-hybridized carbons (Fsp3) is 0.200. The Morgan fingerprint density at radius 3 is 2.75 bits per heavy atom. The van der Waals surface area contributed by atoms with Gasteiger partial charge in [-0.2, -0.15) is 5.26 Å². The van der Waals surface area contributed by atoms with Gasteiger partial charge in [0.25, 0.3) is 0 Å². The highest BCUT2D eigenvalue weighted by Crippen LogP contribution is 2.20. The Kier molecular flexibility index (Phi) is 4.97. The summed E-state index contributed by atoms with van der Waals surface area (Å²) in [6, 6.07) is 11.2. The molecule has 0 N–H and O–H groups in total. The Balaban J connectivity index is 2.05. The molecule has 0 radical (unpaired) electrons. The lowest BCUT2D eigenvalue weighted by molar-refractivity contribution is 0.304. The van der Waals surface area contributed by atoms with E-state index < -0.39 is 0 Å². The molecule has 0 atom stereocenters. The van der Waals surface area contributed by atoms with Gasteiger partial charge in [0, 0.05) is 5.33 Å². The number of ether oxygens (including phenoxy) is 2. The monoisotopic (exact) mass is 332 g/mol. The van der Waals surface area contributed by atoms with Crippen LogP contribution in [0.3, 0.4) is 0 Å². The molecule has 2 aromatic rings. The van der Waals surface area contributed by atoms with Crippen LogP contribution >= 0.6 is 15.9 Å². The predicted octanol–water partition coefficient (Wildman–Crippen LogP) is 3.44. The molecule has 0 aliphatic rings. The van der Waals surface area contributed by atoms with Gasteiger partial charge in [-0.3, -0.25) is 4.98 Å². The molecule has 0 aliphatic heterocycles. The topological polar surface area (TPSA) is 55.1 Å². The smallest absolute Gasteiger partial charge is 0.138 e. The highest BCUT2D eigenvalue weighted by Gasteiger charge is 2.04. The molecular formula is C15H13BrN2O2. The zero-order chi connectivity index (χ0) is 14.4. The van der Waals surface area contributed by atoms with Crippen LogP contribution < -0.4 is 9.47 Å². The number of hydrogen-bond donors (Lipinski definition) is 0. The first kappa shape index (κ1) is 14.4. The molecule has 1 aromatic heterocycles. The van der Waals surface area contributed by atoms with E-state index in [1.54, 1.807) is 25.4 Å². The van der Waals surface area contributed by atoms with Crippen molar-refractivity contribution in [3.63, 3.8) is 0 Å². The first-order valence-electron chi connectivity index (χ1n) is 5.97. The first-order chi connectivity index (χ1) is 9.76.